The molecule has 2 aromatic rings. The molecule has 0 aliphatic rings. The summed E-state index contributed by atoms with van der Waals surface area (Å²) in [5.74, 6) is 0.928. The van der Waals surface area contributed by atoms with E-state index >= 15 is 0 Å². The first-order valence-corrected chi connectivity index (χ1v) is 6.68. The second-order valence-electron chi connectivity index (χ2n) is 4.46. The molecular weight excluding hydrogens is 238 g/mol. The number of ether oxygens (including phenoxy) is 1. The molecule has 0 spiro atoms. The van der Waals surface area contributed by atoms with Gasteiger partial charge in [0.2, 0.25) is 0 Å². The standard InChI is InChI=1S/C15H21N3O/c1-3-10-18-14(8-9-17-18)12-16-11-13-6-4-5-7-15(13)19-2/h4-9,16H,3,10-12H2,1-2H3. The van der Waals surface area contributed by atoms with Crippen molar-refractivity contribution < 1.29 is 4.74 Å². The van der Waals surface area contributed by atoms with Crippen LogP contribution in [0.5, 0.6) is 5.75 Å². The lowest BCUT2D eigenvalue weighted by molar-refractivity contribution is 0.407. The lowest BCUT2D eigenvalue weighted by Gasteiger charge is -2.10. The molecule has 0 aliphatic heterocycles. The predicted molar refractivity (Wildman–Crippen MR) is 76.1 cm³/mol. The fourth-order valence-corrected chi connectivity index (χ4v) is 2.10. The average molecular weight is 259 g/mol. The molecule has 1 N–H and O–H groups in total. The number of benzene rings is 1. The first-order valence-electron chi connectivity index (χ1n) is 6.68. The molecule has 4 heteroatoms. The Hall–Kier alpha value is -1.81. The predicted octanol–water partition coefficient (Wildman–Crippen LogP) is 2.59. The minimum absolute atomic E-state index is 0.793. The van der Waals surface area contributed by atoms with Crippen LogP contribution in [-0.2, 0) is 19.6 Å². The Morgan fingerprint density at radius 3 is 2.84 bits per heavy atom. The molecule has 1 heterocycles. The zero-order valence-corrected chi connectivity index (χ0v) is 11.6. The Morgan fingerprint density at radius 1 is 1.21 bits per heavy atom. The van der Waals surface area contributed by atoms with Gasteiger partial charge in [-0.2, -0.15) is 5.10 Å². The fraction of sp³-hybridized carbons (Fsp3) is 0.400. The third kappa shape index (κ3) is 3.58. The molecule has 4 nitrogen and oxygen atoms in total. The SMILES string of the molecule is CCCn1nccc1CNCc1ccccc1OC. The Balaban J connectivity index is 1.91. The molecule has 0 atom stereocenters. The summed E-state index contributed by atoms with van der Waals surface area (Å²) >= 11 is 0. The van der Waals surface area contributed by atoms with E-state index in [1.165, 1.54) is 11.3 Å². The molecule has 0 unspecified atom stereocenters. The highest BCUT2D eigenvalue weighted by Crippen LogP contribution is 2.16. The van der Waals surface area contributed by atoms with E-state index in [0.29, 0.717) is 0 Å². The van der Waals surface area contributed by atoms with Crippen LogP contribution in [0.15, 0.2) is 36.5 Å². The zero-order chi connectivity index (χ0) is 13.5. The van der Waals surface area contributed by atoms with Gasteiger partial charge in [0, 0.05) is 31.4 Å². The van der Waals surface area contributed by atoms with E-state index in [2.05, 4.69) is 34.2 Å². The quantitative estimate of drug-likeness (QED) is 0.830. The van der Waals surface area contributed by atoms with Gasteiger partial charge in [-0.3, -0.25) is 4.68 Å². The van der Waals surface area contributed by atoms with Crippen molar-refractivity contribution in [1.29, 1.82) is 0 Å². The van der Waals surface area contributed by atoms with Gasteiger partial charge < -0.3 is 10.1 Å². The van der Waals surface area contributed by atoms with Crippen molar-refractivity contribution in [2.24, 2.45) is 0 Å². The fourth-order valence-electron chi connectivity index (χ4n) is 2.10. The molecule has 0 fully saturated rings. The summed E-state index contributed by atoms with van der Waals surface area (Å²) in [6.45, 7) is 4.74. The van der Waals surface area contributed by atoms with Crippen LogP contribution in [0.25, 0.3) is 0 Å². The number of nitrogens with zero attached hydrogens (tertiary/aromatic N) is 2. The zero-order valence-electron chi connectivity index (χ0n) is 11.6. The van der Waals surface area contributed by atoms with Gasteiger partial charge in [-0.05, 0) is 18.6 Å². The minimum atomic E-state index is 0.793. The van der Waals surface area contributed by atoms with E-state index in [9.17, 15) is 0 Å². The molecule has 0 saturated carbocycles. The molecule has 0 radical (unpaired) electrons. The molecule has 1 aromatic heterocycles. The van der Waals surface area contributed by atoms with E-state index in [4.69, 9.17) is 4.74 Å². The summed E-state index contributed by atoms with van der Waals surface area (Å²) in [7, 11) is 1.70. The summed E-state index contributed by atoms with van der Waals surface area (Å²) in [6.07, 6.45) is 2.96. The first kappa shape index (κ1) is 13.6. The van der Waals surface area contributed by atoms with Crippen LogP contribution in [0.4, 0.5) is 0 Å². The van der Waals surface area contributed by atoms with E-state index in [0.717, 1.165) is 31.8 Å². The molecule has 19 heavy (non-hydrogen) atoms. The van der Waals surface area contributed by atoms with Crippen LogP contribution in [-0.4, -0.2) is 16.9 Å². The van der Waals surface area contributed by atoms with Crippen molar-refractivity contribution in [3.8, 4) is 5.75 Å². The van der Waals surface area contributed by atoms with Crippen LogP contribution in [0, 0.1) is 0 Å². The Kier molecular flexibility index (Phi) is 4.98. The maximum Gasteiger partial charge on any atom is 0.123 e. The van der Waals surface area contributed by atoms with Crippen LogP contribution >= 0.6 is 0 Å². The topological polar surface area (TPSA) is 39.1 Å². The monoisotopic (exact) mass is 259 g/mol. The van der Waals surface area contributed by atoms with Crippen LogP contribution in [0.2, 0.25) is 0 Å². The van der Waals surface area contributed by atoms with Crippen LogP contribution < -0.4 is 10.1 Å². The number of aromatic nitrogens is 2. The van der Waals surface area contributed by atoms with E-state index in [-0.39, 0.29) is 0 Å². The molecule has 1 aromatic carbocycles. The number of hydrogen-bond donors (Lipinski definition) is 1. The van der Waals surface area contributed by atoms with Crippen LogP contribution in [0.1, 0.15) is 24.6 Å². The van der Waals surface area contributed by atoms with E-state index in [1.54, 1.807) is 7.11 Å². The van der Waals surface area contributed by atoms with Gasteiger partial charge in [-0.1, -0.05) is 25.1 Å². The third-order valence-corrected chi connectivity index (χ3v) is 3.05. The van der Waals surface area contributed by atoms with Gasteiger partial charge in [-0.15, -0.1) is 0 Å². The molecule has 0 saturated heterocycles. The average Bonchev–Trinajstić information content (AvgIpc) is 2.87. The Morgan fingerprint density at radius 2 is 2.05 bits per heavy atom. The second-order valence-corrected chi connectivity index (χ2v) is 4.46. The lowest BCUT2D eigenvalue weighted by Crippen LogP contribution is -2.16. The van der Waals surface area contributed by atoms with Gasteiger partial charge in [0.25, 0.3) is 0 Å². The molecule has 0 amide bonds. The largest absolute Gasteiger partial charge is 0.496 e. The maximum absolute atomic E-state index is 5.34. The smallest absolute Gasteiger partial charge is 0.123 e. The van der Waals surface area contributed by atoms with Crippen molar-refractivity contribution in [2.75, 3.05) is 7.11 Å². The summed E-state index contributed by atoms with van der Waals surface area (Å²) in [6, 6.07) is 10.1. The number of aryl methyl sites for hydroxylation is 1. The summed E-state index contributed by atoms with van der Waals surface area (Å²) < 4.78 is 7.39. The Bertz CT molecular complexity index is 508. The number of hydrogen-bond acceptors (Lipinski definition) is 3. The highest BCUT2D eigenvalue weighted by Gasteiger charge is 2.03. The number of nitrogens with one attached hydrogen (secondary N) is 1. The molecule has 0 aliphatic carbocycles. The first-order chi connectivity index (χ1) is 9.35. The number of methoxy groups -OCH3 is 1. The van der Waals surface area contributed by atoms with E-state index in [1.807, 2.05) is 24.4 Å². The van der Waals surface area contributed by atoms with Crippen LogP contribution in [0.3, 0.4) is 0 Å². The molecule has 0 bridgehead atoms. The summed E-state index contributed by atoms with van der Waals surface area (Å²) in [4.78, 5) is 0. The molecule has 2 rings (SSSR count). The van der Waals surface area contributed by atoms with Gasteiger partial charge >= 0.3 is 0 Å². The minimum Gasteiger partial charge on any atom is -0.496 e. The van der Waals surface area contributed by atoms with Crippen molar-refractivity contribution in [2.45, 2.75) is 33.0 Å². The van der Waals surface area contributed by atoms with Crippen molar-refractivity contribution in [3.05, 3.63) is 47.8 Å². The number of para-hydroxylation sites is 1. The normalized spacial score (nSPS) is 10.6. The number of rotatable bonds is 7. The third-order valence-electron chi connectivity index (χ3n) is 3.05. The second kappa shape index (κ2) is 6.95. The highest BCUT2D eigenvalue weighted by molar-refractivity contribution is 5.32. The van der Waals surface area contributed by atoms with Crippen molar-refractivity contribution in [3.63, 3.8) is 0 Å². The molecule has 102 valence electrons. The lowest BCUT2D eigenvalue weighted by atomic mass is 10.2. The Labute approximate surface area is 114 Å². The summed E-state index contributed by atoms with van der Waals surface area (Å²) in [5.41, 5.74) is 2.39. The van der Waals surface area contributed by atoms with Gasteiger partial charge in [0.1, 0.15) is 5.75 Å². The van der Waals surface area contributed by atoms with E-state index < -0.39 is 0 Å². The van der Waals surface area contributed by atoms with Crippen molar-refractivity contribution in [1.82, 2.24) is 15.1 Å². The van der Waals surface area contributed by atoms with Gasteiger partial charge in [-0.25, -0.2) is 0 Å². The van der Waals surface area contributed by atoms with Crippen molar-refractivity contribution >= 4 is 0 Å². The maximum atomic E-state index is 5.34. The molecular formula is C15H21N3O. The highest BCUT2D eigenvalue weighted by atomic mass is 16.5. The summed E-state index contributed by atoms with van der Waals surface area (Å²) in [5, 5.41) is 7.75. The van der Waals surface area contributed by atoms with Gasteiger partial charge in [0.15, 0.2) is 0 Å². The van der Waals surface area contributed by atoms with Gasteiger partial charge in [0.05, 0.1) is 12.8 Å².